The van der Waals surface area contributed by atoms with Crippen LogP contribution in [0, 0.1) is 0 Å². The van der Waals surface area contributed by atoms with E-state index < -0.39 is 0 Å². The van der Waals surface area contributed by atoms with Gasteiger partial charge in [0.1, 0.15) is 11.1 Å². The number of pyridine rings is 1. The van der Waals surface area contributed by atoms with E-state index in [1.807, 2.05) is 19.2 Å². The molecule has 1 aromatic rings. The van der Waals surface area contributed by atoms with Crippen molar-refractivity contribution in [1.29, 1.82) is 0 Å². The summed E-state index contributed by atoms with van der Waals surface area (Å²) in [5.74, 6) is 0.663. The van der Waals surface area contributed by atoms with Crippen LogP contribution in [0.15, 0.2) is 18.3 Å². The summed E-state index contributed by atoms with van der Waals surface area (Å²) < 4.78 is 5.98. The van der Waals surface area contributed by atoms with Crippen LogP contribution in [0.2, 0.25) is 0 Å². The van der Waals surface area contributed by atoms with E-state index in [4.69, 9.17) is 17.0 Å². The van der Waals surface area contributed by atoms with Crippen LogP contribution in [0.3, 0.4) is 0 Å². The molecule has 0 aliphatic carbocycles. The van der Waals surface area contributed by atoms with Crippen LogP contribution in [0.1, 0.15) is 12.0 Å². The molecule has 1 atom stereocenters. The second kappa shape index (κ2) is 8.36. The van der Waals surface area contributed by atoms with Gasteiger partial charge in [-0.25, -0.2) is 4.98 Å². The van der Waals surface area contributed by atoms with Gasteiger partial charge in [0.2, 0.25) is 5.88 Å². The predicted molar refractivity (Wildman–Crippen MR) is 87.0 cm³/mol. The van der Waals surface area contributed by atoms with Crippen LogP contribution in [-0.2, 0) is 0 Å². The zero-order chi connectivity index (χ0) is 13.1. The highest BCUT2D eigenvalue weighted by molar-refractivity contribution is 7.80. The lowest BCUT2D eigenvalue weighted by Gasteiger charge is -2.22. The number of aromatic nitrogens is 1. The van der Waals surface area contributed by atoms with Crippen LogP contribution in [0.25, 0.3) is 0 Å². The number of nitrogens with zero attached hydrogens (tertiary/aromatic N) is 3. The van der Waals surface area contributed by atoms with Crippen molar-refractivity contribution in [3.05, 3.63) is 23.9 Å². The van der Waals surface area contributed by atoms with Crippen LogP contribution in [-0.4, -0.2) is 65.6 Å². The number of fused-ring (bicyclic) bond motifs is 1. The number of thiocarbonyl (C=S) groups is 1. The van der Waals surface area contributed by atoms with Crippen molar-refractivity contribution in [3.63, 3.8) is 0 Å². The van der Waals surface area contributed by atoms with Gasteiger partial charge in [0.15, 0.2) is 0 Å². The smallest absolute Gasteiger partial charge is 0.224 e. The molecule has 0 fully saturated rings. The third-order valence-corrected chi connectivity index (χ3v) is 3.53. The SMILES string of the molecule is CN(C)CCC1CN(C)C(=S)c2cccnc2O1.Cl.O. The second-order valence-electron chi connectivity index (χ2n) is 4.87. The average Bonchev–Trinajstić information content (AvgIpc) is 2.46. The summed E-state index contributed by atoms with van der Waals surface area (Å²) in [5, 5.41) is 0. The third-order valence-electron chi connectivity index (χ3n) is 3.00. The number of rotatable bonds is 3. The quantitative estimate of drug-likeness (QED) is 0.778. The Hall–Kier alpha value is -0.950. The van der Waals surface area contributed by atoms with E-state index in [2.05, 4.69) is 28.9 Å². The Morgan fingerprint density at radius 2 is 2.20 bits per heavy atom. The number of halogens is 1. The molecular formula is C13H22ClN3O2S. The van der Waals surface area contributed by atoms with E-state index in [-0.39, 0.29) is 24.0 Å². The fourth-order valence-electron chi connectivity index (χ4n) is 1.99. The topological polar surface area (TPSA) is 60.1 Å². The van der Waals surface area contributed by atoms with Crippen molar-refractivity contribution in [2.45, 2.75) is 12.5 Å². The molecule has 0 saturated heterocycles. The fourth-order valence-corrected chi connectivity index (χ4v) is 2.22. The monoisotopic (exact) mass is 319 g/mol. The standard InChI is InChI=1S/C13H19N3OS.ClH.H2O/c1-15(2)8-6-10-9-16(3)13(18)11-5-4-7-14-12(11)17-10;;/h4-5,7,10H,6,8-9H2,1-3H3;1H;1H2. The molecule has 0 spiro atoms. The van der Waals surface area contributed by atoms with Gasteiger partial charge in [-0.15, -0.1) is 12.4 Å². The average molecular weight is 320 g/mol. The van der Waals surface area contributed by atoms with Crippen molar-refractivity contribution >= 4 is 29.6 Å². The van der Waals surface area contributed by atoms with Gasteiger partial charge < -0.3 is 20.0 Å². The molecule has 1 aliphatic rings. The van der Waals surface area contributed by atoms with Crippen molar-refractivity contribution < 1.29 is 10.2 Å². The Labute approximate surface area is 131 Å². The maximum absolute atomic E-state index is 5.98. The molecule has 0 saturated carbocycles. The van der Waals surface area contributed by atoms with Gasteiger partial charge in [0.05, 0.1) is 12.1 Å². The highest BCUT2D eigenvalue weighted by Crippen LogP contribution is 2.23. The molecule has 20 heavy (non-hydrogen) atoms. The summed E-state index contributed by atoms with van der Waals surface area (Å²) in [6, 6.07) is 3.86. The Morgan fingerprint density at radius 3 is 2.85 bits per heavy atom. The van der Waals surface area contributed by atoms with Gasteiger partial charge in [0, 0.05) is 19.8 Å². The Balaban J connectivity index is 0.00000180. The van der Waals surface area contributed by atoms with Gasteiger partial charge in [-0.05, 0) is 32.6 Å². The molecule has 0 aromatic carbocycles. The largest absolute Gasteiger partial charge is 0.472 e. The van der Waals surface area contributed by atoms with Gasteiger partial charge in [-0.3, -0.25) is 0 Å². The highest BCUT2D eigenvalue weighted by Gasteiger charge is 2.24. The van der Waals surface area contributed by atoms with Crippen molar-refractivity contribution in [1.82, 2.24) is 14.8 Å². The molecule has 1 aliphatic heterocycles. The summed E-state index contributed by atoms with van der Waals surface area (Å²) in [6.07, 6.45) is 2.85. The lowest BCUT2D eigenvalue weighted by Crippen LogP contribution is -2.35. The minimum Gasteiger partial charge on any atom is -0.472 e. The number of hydrogen-bond acceptors (Lipinski definition) is 4. The maximum Gasteiger partial charge on any atom is 0.224 e. The summed E-state index contributed by atoms with van der Waals surface area (Å²) >= 11 is 5.45. The first-order valence-electron chi connectivity index (χ1n) is 6.10. The molecular weight excluding hydrogens is 298 g/mol. The summed E-state index contributed by atoms with van der Waals surface area (Å²) in [6.45, 7) is 1.80. The molecule has 5 nitrogen and oxygen atoms in total. The third kappa shape index (κ3) is 4.56. The molecule has 0 amide bonds. The number of hydrogen-bond donors (Lipinski definition) is 0. The van der Waals surface area contributed by atoms with Crippen LogP contribution >= 0.6 is 24.6 Å². The molecule has 114 valence electrons. The van der Waals surface area contributed by atoms with E-state index in [1.54, 1.807) is 6.20 Å². The molecule has 0 bridgehead atoms. The van der Waals surface area contributed by atoms with E-state index in [9.17, 15) is 0 Å². The Kier molecular flexibility index (Phi) is 7.96. The zero-order valence-corrected chi connectivity index (χ0v) is 13.6. The molecule has 0 radical (unpaired) electrons. The molecule has 1 unspecified atom stereocenters. The highest BCUT2D eigenvalue weighted by atomic mass is 35.5. The zero-order valence-electron chi connectivity index (χ0n) is 12.0. The Morgan fingerprint density at radius 1 is 1.50 bits per heavy atom. The van der Waals surface area contributed by atoms with Gasteiger partial charge in [-0.1, -0.05) is 12.2 Å². The maximum atomic E-state index is 5.98. The molecule has 2 N–H and O–H groups in total. The lowest BCUT2D eigenvalue weighted by atomic mass is 10.2. The van der Waals surface area contributed by atoms with Crippen molar-refractivity contribution in [2.24, 2.45) is 0 Å². The number of ether oxygens (including phenoxy) is 1. The minimum absolute atomic E-state index is 0. The van der Waals surface area contributed by atoms with Gasteiger partial charge in [0.25, 0.3) is 0 Å². The minimum atomic E-state index is 0. The fraction of sp³-hybridized carbons (Fsp3) is 0.538. The van der Waals surface area contributed by atoms with Crippen molar-refractivity contribution in [2.75, 3.05) is 34.2 Å². The van der Waals surface area contributed by atoms with Gasteiger partial charge in [-0.2, -0.15) is 0 Å². The molecule has 1 aromatic heterocycles. The Bertz CT molecular complexity index is 445. The second-order valence-corrected chi connectivity index (χ2v) is 5.26. The molecule has 2 heterocycles. The normalized spacial score (nSPS) is 17.5. The molecule has 2 rings (SSSR count). The van der Waals surface area contributed by atoms with E-state index >= 15 is 0 Å². The van der Waals surface area contributed by atoms with E-state index in [0.29, 0.717) is 5.88 Å². The first-order valence-corrected chi connectivity index (χ1v) is 6.50. The van der Waals surface area contributed by atoms with E-state index in [0.717, 1.165) is 30.1 Å². The summed E-state index contributed by atoms with van der Waals surface area (Å²) in [5.41, 5.74) is 0.919. The van der Waals surface area contributed by atoms with E-state index in [1.165, 1.54) is 0 Å². The van der Waals surface area contributed by atoms with Gasteiger partial charge >= 0.3 is 0 Å². The van der Waals surface area contributed by atoms with Crippen molar-refractivity contribution in [3.8, 4) is 5.88 Å². The van der Waals surface area contributed by atoms with Crippen LogP contribution < -0.4 is 4.74 Å². The summed E-state index contributed by atoms with van der Waals surface area (Å²) in [4.78, 5) is 9.33. The predicted octanol–water partition coefficient (Wildman–Crippen LogP) is 0.999. The first-order chi connectivity index (χ1) is 8.58. The molecule has 7 heteroatoms. The van der Waals surface area contributed by atoms with Crippen LogP contribution in [0.5, 0.6) is 5.88 Å². The van der Waals surface area contributed by atoms with Crippen LogP contribution in [0.4, 0.5) is 0 Å². The lowest BCUT2D eigenvalue weighted by molar-refractivity contribution is 0.154. The number of likely N-dealkylation sites (N-methyl/N-ethyl adjacent to an activating group) is 1. The summed E-state index contributed by atoms with van der Waals surface area (Å²) in [7, 11) is 6.14. The first kappa shape index (κ1) is 19.1.